The first-order chi connectivity index (χ1) is 13.7. The summed E-state index contributed by atoms with van der Waals surface area (Å²) in [5.41, 5.74) is 3.12. The van der Waals surface area contributed by atoms with Crippen molar-refractivity contribution in [1.82, 2.24) is 15.1 Å². The normalized spacial score (nSPS) is 25.0. The number of carbonyl (C=O) groups is 1. The van der Waals surface area contributed by atoms with Gasteiger partial charge in [-0.1, -0.05) is 37.6 Å². The van der Waals surface area contributed by atoms with Gasteiger partial charge in [0.15, 0.2) is 0 Å². The molecule has 2 heterocycles. The van der Waals surface area contributed by atoms with Crippen molar-refractivity contribution in [2.45, 2.75) is 70.4 Å². The van der Waals surface area contributed by atoms with Gasteiger partial charge < -0.3 is 5.32 Å². The zero-order valence-corrected chi connectivity index (χ0v) is 17.5. The second-order valence-electron chi connectivity index (χ2n) is 9.08. The molecule has 0 bridgehead atoms. The van der Waals surface area contributed by atoms with E-state index in [2.05, 4.69) is 46.3 Å². The van der Waals surface area contributed by atoms with E-state index < -0.39 is 0 Å². The Morgan fingerprint density at radius 3 is 2.39 bits per heavy atom. The van der Waals surface area contributed by atoms with Crippen molar-refractivity contribution >= 4 is 5.91 Å². The molecule has 0 aromatic heterocycles. The Kier molecular flexibility index (Phi) is 6.69. The van der Waals surface area contributed by atoms with Gasteiger partial charge in [-0.05, 0) is 75.7 Å². The molecule has 4 nitrogen and oxygen atoms in total. The lowest BCUT2D eigenvalue weighted by atomic mass is 9.92. The SMILES string of the molecule is CCCCNC(=O)[C@@H]1CCCN(C2CCN(C3Cc4ccccc4C3)CC2)C1. The number of hydrogen-bond acceptors (Lipinski definition) is 3. The van der Waals surface area contributed by atoms with Gasteiger partial charge >= 0.3 is 0 Å². The van der Waals surface area contributed by atoms with Gasteiger partial charge in [-0.2, -0.15) is 0 Å². The lowest BCUT2D eigenvalue weighted by Gasteiger charge is -2.43. The first-order valence-electron chi connectivity index (χ1n) is 11.6. The van der Waals surface area contributed by atoms with Crippen molar-refractivity contribution in [2.24, 2.45) is 5.92 Å². The summed E-state index contributed by atoms with van der Waals surface area (Å²) in [4.78, 5) is 17.9. The molecule has 2 fully saturated rings. The van der Waals surface area contributed by atoms with E-state index in [-0.39, 0.29) is 5.92 Å². The van der Waals surface area contributed by atoms with E-state index in [0.29, 0.717) is 18.0 Å². The van der Waals surface area contributed by atoms with Crippen LogP contribution >= 0.6 is 0 Å². The van der Waals surface area contributed by atoms with E-state index in [0.717, 1.165) is 32.4 Å². The first-order valence-corrected chi connectivity index (χ1v) is 11.6. The lowest BCUT2D eigenvalue weighted by Crippen LogP contribution is -2.52. The van der Waals surface area contributed by atoms with Gasteiger partial charge in [0.25, 0.3) is 0 Å². The Bertz CT molecular complexity index is 628. The highest BCUT2D eigenvalue weighted by molar-refractivity contribution is 5.78. The fourth-order valence-electron chi connectivity index (χ4n) is 5.49. The summed E-state index contributed by atoms with van der Waals surface area (Å²) in [6.07, 6.45) is 9.44. The minimum Gasteiger partial charge on any atom is -0.356 e. The molecule has 0 spiro atoms. The average Bonchev–Trinajstić information content (AvgIpc) is 3.18. The number of unbranched alkanes of at least 4 members (excludes halogenated alkanes) is 1. The highest BCUT2D eigenvalue weighted by Gasteiger charge is 2.34. The number of amides is 1. The Morgan fingerprint density at radius 1 is 1.00 bits per heavy atom. The van der Waals surface area contributed by atoms with Crippen LogP contribution in [0.2, 0.25) is 0 Å². The molecule has 1 amide bonds. The lowest BCUT2D eigenvalue weighted by molar-refractivity contribution is -0.127. The molecule has 4 rings (SSSR count). The van der Waals surface area contributed by atoms with Crippen LogP contribution in [0.4, 0.5) is 0 Å². The third-order valence-electron chi connectivity index (χ3n) is 7.21. The third kappa shape index (κ3) is 4.60. The smallest absolute Gasteiger partial charge is 0.224 e. The maximum atomic E-state index is 12.5. The van der Waals surface area contributed by atoms with E-state index in [1.165, 1.54) is 51.7 Å². The van der Waals surface area contributed by atoms with E-state index in [9.17, 15) is 4.79 Å². The summed E-state index contributed by atoms with van der Waals surface area (Å²) < 4.78 is 0. The monoisotopic (exact) mass is 383 g/mol. The Morgan fingerprint density at radius 2 is 1.71 bits per heavy atom. The van der Waals surface area contributed by atoms with Gasteiger partial charge in [-0.15, -0.1) is 0 Å². The topological polar surface area (TPSA) is 35.6 Å². The number of likely N-dealkylation sites (tertiary alicyclic amines) is 2. The van der Waals surface area contributed by atoms with Crippen molar-refractivity contribution in [3.63, 3.8) is 0 Å². The number of benzene rings is 1. The van der Waals surface area contributed by atoms with Crippen LogP contribution in [0.1, 0.15) is 56.6 Å². The van der Waals surface area contributed by atoms with Crippen LogP contribution in [-0.2, 0) is 17.6 Å². The maximum Gasteiger partial charge on any atom is 0.224 e. The van der Waals surface area contributed by atoms with Crippen molar-refractivity contribution in [3.05, 3.63) is 35.4 Å². The predicted molar refractivity (Wildman–Crippen MR) is 114 cm³/mol. The van der Waals surface area contributed by atoms with Gasteiger partial charge in [0.1, 0.15) is 0 Å². The van der Waals surface area contributed by atoms with Crippen LogP contribution < -0.4 is 5.32 Å². The summed E-state index contributed by atoms with van der Waals surface area (Å²) in [5, 5.41) is 3.16. The van der Waals surface area contributed by atoms with Gasteiger partial charge in [-0.25, -0.2) is 0 Å². The summed E-state index contributed by atoms with van der Waals surface area (Å²) in [6, 6.07) is 10.4. The number of carbonyl (C=O) groups excluding carboxylic acids is 1. The summed E-state index contributed by atoms with van der Waals surface area (Å²) in [5.74, 6) is 0.493. The molecule has 4 heteroatoms. The molecule has 2 saturated heterocycles. The predicted octanol–water partition coefficient (Wildman–Crippen LogP) is 3.25. The largest absolute Gasteiger partial charge is 0.356 e. The van der Waals surface area contributed by atoms with Crippen LogP contribution in [0, 0.1) is 5.92 Å². The molecule has 1 aromatic carbocycles. The average molecular weight is 384 g/mol. The molecule has 1 aromatic rings. The number of nitrogens with zero attached hydrogens (tertiary/aromatic N) is 2. The first kappa shape index (κ1) is 19.9. The molecule has 3 aliphatic rings. The fourth-order valence-corrected chi connectivity index (χ4v) is 5.49. The maximum absolute atomic E-state index is 12.5. The highest BCUT2D eigenvalue weighted by Crippen LogP contribution is 2.29. The van der Waals surface area contributed by atoms with Crippen LogP contribution in [0.5, 0.6) is 0 Å². The quantitative estimate of drug-likeness (QED) is 0.766. The number of nitrogens with one attached hydrogen (secondary N) is 1. The molecule has 28 heavy (non-hydrogen) atoms. The van der Waals surface area contributed by atoms with E-state index in [1.807, 2.05) is 0 Å². The van der Waals surface area contributed by atoms with Gasteiger partial charge in [0, 0.05) is 25.2 Å². The van der Waals surface area contributed by atoms with Crippen molar-refractivity contribution in [3.8, 4) is 0 Å². The van der Waals surface area contributed by atoms with E-state index in [1.54, 1.807) is 11.1 Å². The molecule has 1 atom stereocenters. The molecule has 1 N–H and O–H groups in total. The zero-order chi connectivity index (χ0) is 19.3. The van der Waals surface area contributed by atoms with E-state index in [4.69, 9.17) is 0 Å². The van der Waals surface area contributed by atoms with Crippen molar-refractivity contribution in [2.75, 3.05) is 32.7 Å². The Labute approximate surface area is 170 Å². The molecular formula is C24H37N3O. The number of fused-ring (bicyclic) bond motifs is 1. The summed E-state index contributed by atoms with van der Waals surface area (Å²) in [6.45, 7) is 7.59. The second-order valence-corrected chi connectivity index (χ2v) is 9.08. The van der Waals surface area contributed by atoms with Crippen LogP contribution in [0.15, 0.2) is 24.3 Å². The molecule has 1 aliphatic carbocycles. The van der Waals surface area contributed by atoms with Crippen LogP contribution in [0.3, 0.4) is 0 Å². The molecule has 0 radical (unpaired) electrons. The standard InChI is InChI=1S/C24H37N3O/c1-2-3-12-25-24(28)21-9-6-13-27(18-21)22-10-14-26(15-11-22)23-16-19-7-4-5-8-20(19)17-23/h4-5,7-8,21-23H,2-3,6,9-18H2,1H3,(H,25,28)/t21-/m1/s1. The number of piperidine rings is 2. The highest BCUT2D eigenvalue weighted by atomic mass is 16.1. The zero-order valence-electron chi connectivity index (χ0n) is 17.5. The van der Waals surface area contributed by atoms with Crippen LogP contribution in [0.25, 0.3) is 0 Å². The number of rotatable bonds is 6. The third-order valence-corrected chi connectivity index (χ3v) is 7.21. The van der Waals surface area contributed by atoms with Gasteiger partial charge in [0.2, 0.25) is 5.91 Å². The molecule has 154 valence electrons. The Balaban J connectivity index is 1.24. The molecular weight excluding hydrogens is 346 g/mol. The minimum absolute atomic E-state index is 0.202. The molecule has 2 aliphatic heterocycles. The second kappa shape index (κ2) is 9.41. The van der Waals surface area contributed by atoms with Crippen molar-refractivity contribution in [1.29, 1.82) is 0 Å². The van der Waals surface area contributed by atoms with Crippen LogP contribution in [-0.4, -0.2) is 60.5 Å². The molecule has 0 saturated carbocycles. The van der Waals surface area contributed by atoms with Crippen molar-refractivity contribution < 1.29 is 4.79 Å². The fraction of sp³-hybridized carbons (Fsp3) is 0.708. The van der Waals surface area contributed by atoms with E-state index >= 15 is 0 Å². The summed E-state index contributed by atoms with van der Waals surface area (Å²) in [7, 11) is 0. The van der Waals surface area contributed by atoms with Gasteiger partial charge in [0.05, 0.1) is 5.92 Å². The summed E-state index contributed by atoms with van der Waals surface area (Å²) >= 11 is 0. The Hall–Kier alpha value is -1.39. The molecule has 0 unspecified atom stereocenters. The minimum atomic E-state index is 0.202. The van der Waals surface area contributed by atoms with Gasteiger partial charge in [-0.3, -0.25) is 14.6 Å². The number of hydrogen-bond donors (Lipinski definition) is 1.